The van der Waals surface area contributed by atoms with Crippen molar-refractivity contribution in [3.63, 3.8) is 0 Å². The molecule has 3 radical (unpaired) electrons. The molecule has 0 atom stereocenters. The number of hydrogen-bond acceptors (Lipinski definition) is 0. The molecule has 0 heterocycles. The maximum atomic E-state index is 2.44. The second-order valence-electron chi connectivity index (χ2n) is 6.67. The van der Waals surface area contributed by atoms with E-state index in [0.29, 0.717) is 0 Å². The summed E-state index contributed by atoms with van der Waals surface area (Å²) >= 11 is 0. The van der Waals surface area contributed by atoms with Crippen molar-refractivity contribution < 1.29 is 17.1 Å². The zero-order chi connectivity index (χ0) is 14.6. The zero-order valence-corrected chi connectivity index (χ0v) is 15.8. The van der Waals surface area contributed by atoms with E-state index < -0.39 is 8.07 Å². The molecule has 0 saturated carbocycles. The van der Waals surface area contributed by atoms with Gasteiger partial charge in [-0.2, -0.15) is 0 Å². The maximum Gasteiger partial charge on any atom is 0.0624 e. The Balaban J connectivity index is 0.00000220. The Labute approximate surface area is 142 Å². The molecule has 1 aromatic carbocycles. The van der Waals surface area contributed by atoms with Gasteiger partial charge in [0.15, 0.2) is 0 Å². The average molecular weight is 338 g/mol. The molecule has 0 amide bonds. The molecular weight excluding hydrogens is 311 g/mol. The van der Waals surface area contributed by atoms with Crippen molar-refractivity contribution in [2.75, 3.05) is 0 Å². The Morgan fingerprint density at radius 1 is 0.952 bits per heavy atom. The molecule has 1 aromatic rings. The fraction of sp³-hybridized carbons (Fsp3) is 0.421. The minimum Gasteiger partial charge on any atom is -0.231 e. The molecule has 0 spiro atoms. The summed E-state index contributed by atoms with van der Waals surface area (Å²) in [5.74, 6) is 1.54. The van der Waals surface area contributed by atoms with Crippen molar-refractivity contribution in [1.29, 1.82) is 0 Å². The molecule has 21 heavy (non-hydrogen) atoms. The van der Waals surface area contributed by atoms with Crippen LogP contribution < -0.4 is 0 Å². The molecule has 0 unspecified atom stereocenters. The normalized spacial score (nSPS) is 15.3. The van der Waals surface area contributed by atoms with Gasteiger partial charge in [-0.25, -0.2) is 18.6 Å². The fourth-order valence-electron chi connectivity index (χ4n) is 3.43. The van der Waals surface area contributed by atoms with Gasteiger partial charge >= 0.3 is 0 Å². The molecule has 0 fully saturated rings. The summed E-state index contributed by atoms with van der Waals surface area (Å²) < 4.78 is 0. The van der Waals surface area contributed by atoms with Crippen molar-refractivity contribution in [1.82, 2.24) is 0 Å². The molecule has 1 aliphatic carbocycles. The number of hydrogen-bond donors (Lipinski definition) is 0. The molecule has 0 aromatic heterocycles. The third kappa shape index (κ3) is 4.52. The largest absolute Gasteiger partial charge is 0.231 e. The predicted molar refractivity (Wildman–Crippen MR) is 91.9 cm³/mol. The van der Waals surface area contributed by atoms with Gasteiger partial charge in [0.05, 0.1) is 8.07 Å². The summed E-state index contributed by atoms with van der Waals surface area (Å²) in [7, 11) is -1.40. The van der Waals surface area contributed by atoms with Gasteiger partial charge in [-0.15, -0.1) is 6.42 Å². The van der Waals surface area contributed by atoms with Crippen LogP contribution in [0.5, 0.6) is 0 Å². The van der Waals surface area contributed by atoms with Crippen LogP contribution in [-0.4, -0.2) is 8.07 Å². The Kier molecular flexibility index (Phi) is 7.33. The van der Waals surface area contributed by atoms with Crippen LogP contribution >= 0.6 is 0 Å². The number of rotatable bonds is 6. The van der Waals surface area contributed by atoms with Crippen molar-refractivity contribution in [2.45, 2.75) is 50.9 Å². The predicted octanol–water partition coefficient (Wildman–Crippen LogP) is 5.59. The van der Waals surface area contributed by atoms with E-state index in [4.69, 9.17) is 0 Å². The van der Waals surface area contributed by atoms with E-state index in [1.165, 1.54) is 23.6 Å². The Morgan fingerprint density at radius 2 is 1.57 bits per heavy atom. The molecule has 2 rings (SSSR count). The molecule has 115 valence electrons. The van der Waals surface area contributed by atoms with Crippen LogP contribution in [0, 0.1) is 18.8 Å². The summed E-state index contributed by atoms with van der Waals surface area (Å²) in [5, 5.41) is 0. The van der Waals surface area contributed by atoms with Crippen LogP contribution in [0.1, 0.15) is 33.3 Å². The first kappa shape index (κ1) is 18.6. The minimum absolute atomic E-state index is 0. The van der Waals surface area contributed by atoms with Gasteiger partial charge in [0.25, 0.3) is 0 Å². The van der Waals surface area contributed by atoms with E-state index in [0.717, 1.165) is 11.1 Å². The fourth-order valence-corrected chi connectivity index (χ4v) is 8.52. The quantitative estimate of drug-likeness (QED) is 0.469. The second-order valence-corrected chi connectivity index (χ2v) is 12.2. The van der Waals surface area contributed by atoms with E-state index in [9.17, 15) is 0 Å². The average Bonchev–Trinajstić information content (AvgIpc) is 2.91. The first-order chi connectivity index (χ1) is 9.54. The molecule has 0 bridgehead atoms. The molecule has 2 heteroatoms. The summed E-state index contributed by atoms with van der Waals surface area (Å²) in [6.45, 7) is 9.77. The van der Waals surface area contributed by atoms with E-state index in [1.54, 1.807) is 0 Å². The summed E-state index contributed by atoms with van der Waals surface area (Å²) in [6.07, 6.45) is 8.96. The first-order valence-electron chi connectivity index (χ1n) is 7.79. The monoisotopic (exact) mass is 338 g/mol. The van der Waals surface area contributed by atoms with Gasteiger partial charge < -0.3 is 0 Å². The van der Waals surface area contributed by atoms with Crippen LogP contribution in [0.25, 0.3) is 0 Å². The molecule has 0 nitrogen and oxygen atoms in total. The number of allylic oxidation sites excluding steroid dienone is 2. The minimum atomic E-state index is -1.40. The summed E-state index contributed by atoms with van der Waals surface area (Å²) in [5.41, 5.74) is 3.13. The molecule has 0 saturated heterocycles. The zero-order valence-electron chi connectivity index (χ0n) is 13.6. The first-order valence-corrected chi connectivity index (χ1v) is 10.4. The number of benzene rings is 1. The molecular formula is C19H27MnSi-. The van der Waals surface area contributed by atoms with Gasteiger partial charge in [0, 0.05) is 17.1 Å². The topological polar surface area (TPSA) is 0 Å². The smallest absolute Gasteiger partial charge is 0.0624 e. The van der Waals surface area contributed by atoms with Crippen molar-refractivity contribution in [2.24, 2.45) is 0 Å². The molecule has 0 N–H and O–H groups in total. The van der Waals surface area contributed by atoms with Gasteiger partial charge in [-0.1, -0.05) is 86.6 Å². The van der Waals surface area contributed by atoms with Crippen LogP contribution in [0.3, 0.4) is 0 Å². The van der Waals surface area contributed by atoms with Crippen LogP contribution in [0.4, 0.5) is 0 Å². The summed E-state index contributed by atoms with van der Waals surface area (Å²) in [4.78, 5) is 0. The van der Waals surface area contributed by atoms with E-state index in [1.807, 2.05) is 0 Å². The Bertz CT molecular complexity index is 420. The van der Waals surface area contributed by atoms with Gasteiger partial charge in [-0.3, -0.25) is 0 Å². The van der Waals surface area contributed by atoms with E-state index in [-0.39, 0.29) is 17.1 Å². The van der Waals surface area contributed by atoms with Crippen LogP contribution in [0.2, 0.25) is 17.1 Å². The van der Waals surface area contributed by atoms with Gasteiger partial charge in [0.1, 0.15) is 0 Å². The van der Waals surface area contributed by atoms with E-state index in [2.05, 4.69) is 83.0 Å². The molecule has 0 aliphatic heterocycles. The third-order valence-electron chi connectivity index (χ3n) is 4.94. The second kappa shape index (κ2) is 8.27. The van der Waals surface area contributed by atoms with Crippen molar-refractivity contribution in [3.8, 4) is 0 Å². The third-order valence-corrected chi connectivity index (χ3v) is 11.7. The van der Waals surface area contributed by atoms with Crippen molar-refractivity contribution in [3.05, 3.63) is 66.8 Å². The Hall–Kier alpha value is -0.434. The van der Waals surface area contributed by atoms with Crippen LogP contribution in [-0.2, 0) is 23.1 Å². The van der Waals surface area contributed by atoms with E-state index >= 15 is 0 Å². The van der Waals surface area contributed by atoms with Crippen molar-refractivity contribution >= 4 is 8.07 Å². The standard InChI is InChI=1S/C19H27Si.Mn/c1-16(2)20(17(3)4,15-19-12-8-9-13-19)14-18-10-6-5-7-11-18;/h5-13,16-17H,14-15H2,1-4H3;/q-1;. The maximum absolute atomic E-state index is 2.44. The van der Waals surface area contributed by atoms with Crippen LogP contribution in [0.15, 0.2) is 42.5 Å². The molecule has 1 aliphatic rings. The van der Waals surface area contributed by atoms with Gasteiger partial charge in [-0.05, 0) is 6.04 Å². The SMILES string of the molecule is CC(C)[Si](C[C]1[CH]C=C[CH-]1)(Cc1ccccc1)C(C)C.[Mn]. The summed E-state index contributed by atoms with van der Waals surface area (Å²) in [6, 6.07) is 13.7. The Morgan fingerprint density at radius 3 is 2.05 bits per heavy atom. The van der Waals surface area contributed by atoms with Gasteiger partial charge in [0.2, 0.25) is 0 Å².